The Morgan fingerprint density at radius 3 is 2.56 bits per heavy atom. The molecule has 4 aromatic rings. The minimum absolute atomic E-state index is 0.427. The minimum atomic E-state index is -0.427. The number of aromatic nitrogens is 1. The van der Waals surface area contributed by atoms with Crippen molar-refractivity contribution in [1.82, 2.24) is 4.57 Å². The van der Waals surface area contributed by atoms with Gasteiger partial charge in [0.25, 0.3) is 0 Å². The van der Waals surface area contributed by atoms with Crippen LogP contribution in [0.2, 0.25) is 10.0 Å². The highest BCUT2D eigenvalue weighted by Crippen LogP contribution is 2.34. The van der Waals surface area contributed by atoms with Crippen LogP contribution in [0.5, 0.6) is 0 Å². The number of nitrogens with two attached hydrogens (primary N) is 1. The first kappa shape index (κ1) is 17.9. The first-order chi connectivity index (χ1) is 13.0. The molecule has 0 spiro atoms. The molecule has 4 rings (SSSR count). The van der Waals surface area contributed by atoms with Crippen molar-refractivity contribution in [3.8, 4) is 0 Å². The van der Waals surface area contributed by atoms with Gasteiger partial charge in [0, 0.05) is 38.4 Å². The Hall–Kier alpha value is -2.49. The number of benzene rings is 3. The lowest BCUT2D eigenvalue weighted by Gasteiger charge is -2.10. The van der Waals surface area contributed by atoms with Gasteiger partial charge >= 0.3 is 0 Å². The third-order valence-corrected chi connectivity index (χ3v) is 5.56. The lowest BCUT2D eigenvalue weighted by atomic mass is 10.0. The second-order valence-electron chi connectivity index (χ2n) is 6.59. The van der Waals surface area contributed by atoms with Gasteiger partial charge in [-0.3, -0.25) is 4.79 Å². The molecule has 0 radical (unpaired) electrons. The number of hydrogen-bond acceptors (Lipinski definition) is 1. The SMILES string of the molecule is CCc1ccc2c3c(C(N)=O)cccc3n(Cc3ccc(Cl)cc3Cl)c2c1. The van der Waals surface area contributed by atoms with Crippen LogP contribution in [0, 0.1) is 0 Å². The van der Waals surface area contributed by atoms with Gasteiger partial charge in [-0.1, -0.05) is 54.4 Å². The van der Waals surface area contributed by atoms with Crippen molar-refractivity contribution in [3.63, 3.8) is 0 Å². The summed E-state index contributed by atoms with van der Waals surface area (Å²) in [7, 11) is 0. The first-order valence-electron chi connectivity index (χ1n) is 8.77. The molecular weight excluding hydrogens is 379 g/mol. The van der Waals surface area contributed by atoms with Crippen LogP contribution >= 0.6 is 23.2 Å². The Balaban J connectivity index is 2.04. The maximum absolute atomic E-state index is 12.0. The number of aryl methyl sites for hydroxylation is 1. The number of rotatable bonds is 4. The van der Waals surface area contributed by atoms with E-state index in [-0.39, 0.29) is 0 Å². The molecule has 3 nitrogen and oxygen atoms in total. The maximum atomic E-state index is 12.0. The van der Waals surface area contributed by atoms with E-state index < -0.39 is 5.91 Å². The topological polar surface area (TPSA) is 48.0 Å². The summed E-state index contributed by atoms with van der Waals surface area (Å²) in [6.45, 7) is 2.70. The summed E-state index contributed by atoms with van der Waals surface area (Å²) in [6, 6.07) is 17.5. The lowest BCUT2D eigenvalue weighted by molar-refractivity contribution is 0.100. The quantitative estimate of drug-likeness (QED) is 0.464. The monoisotopic (exact) mass is 396 g/mol. The third-order valence-electron chi connectivity index (χ3n) is 4.97. The standard InChI is InChI=1S/C22H18Cl2N2O/c1-2-13-6-9-16-20(10-13)26(12-14-7-8-15(23)11-18(14)24)19-5-3-4-17(21(16)19)22(25)27/h3-11H,2,12H2,1H3,(H2,25,27). The molecule has 136 valence electrons. The van der Waals surface area contributed by atoms with Gasteiger partial charge in [0.05, 0.1) is 5.52 Å². The Morgan fingerprint density at radius 1 is 1.04 bits per heavy atom. The Kier molecular flexibility index (Phi) is 4.58. The summed E-state index contributed by atoms with van der Waals surface area (Å²) in [5.41, 5.74) is 10.4. The Labute approximate surface area is 167 Å². The zero-order chi connectivity index (χ0) is 19.1. The number of carbonyl (C=O) groups is 1. The Bertz CT molecular complexity index is 1190. The summed E-state index contributed by atoms with van der Waals surface area (Å²) < 4.78 is 2.19. The molecule has 27 heavy (non-hydrogen) atoms. The smallest absolute Gasteiger partial charge is 0.249 e. The number of hydrogen-bond donors (Lipinski definition) is 1. The van der Waals surface area contributed by atoms with Gasteiger partial charge in [-0.25, -0.2) is 0 Å². The highest BCUT2D eigenvalue weighted by molar-refractivity contribution is 6.35. The van der Waals surface area contributed by atoms with Crippen LogP contribution in [0.1, 0.15) is 28.4 Å². The molecule has 2 N–H and O–H groups in total. The molecule has 0 aliphatic rings. The molecule has 0 saturated heterocycles. The van der Waals surface area contributed by atoms with Crippen molar-refractivity contribution < 1.29 is 4.79 Å². The second-order valence-corrected chi connectivity index (χ2v) is 7.43. The average molecular weight is 397 g/mol. The van der Waals surface area contributed by atoms with E-state index in [2.05, 4.69) is 29.7 Å². The van der Waals surface area contributed by atoms with Gasteiger partial charge in [-0.2, -0.15) is 0 Å². The second kappa shape index (κ2) is 6.91. The highest BCUT2D eigenvalue weighted by atomic mass is 35.5. The van der Waals surface area contributed by atoms with E-state index in [4.69, 9.17) is 28.9 Å². The number of halogens is 2. The number of primary amides is 1. The van der Waals surface area contributed by atoms with Gasteiger partial charge in [-0.15, -0.1) is 0 Å². The van der Waals surface area contributed by atoms with Gasteiger partial charge < -0.3 is 10.3 Å². The number of carbonyl (C=O) groups excluding carboxylic acids is 1. The van der Waals surface area contributed by atoms with Crippen molar-refractivity contribution in [1.29, 1.82) is 0 Å². The fourth-order valence-corrected chi connectivity index (χ4v) is 4.07. The van der Waals surface area contributed by atoms with Gasteiger partial charge in [0.2, 0.25) is 5.91 Å². The molecule has 3 aromatic carbocycles. The van der Waals surface area contributed by atoms with Crippen LogP contribution in [0.3, 0.4) is 0 Å². The van der Waals surface area contributed by atoms with E-state index in [1.165, 1.54) is 5.56 Å². The van der Waals surface area contributed by atoms with E-state index in [0.717, 1.165) is 33.8 Å². The molecule has 0 aliphatic carbocycles. The third kappa shape index (κ3) is 3.07. The largest absolute Gasteiger partial charge is 0.366 e. The molecule has 1 amide bonds. The van der Waals surface area contributed by atoms with Crippen molar-refractivity contribution in [2.75, 3.05) is 0 Å². The van der Waals surface area contributed by atoms with Crippen LogP contribution in [0.4, 0.5) is 0 Å². The lowest BCUT2D eigenvalue weighted by Crippen LogP contribution is -2.11. The Morgan fingerprint density at radius 2 is 1.85 bits per heavy atom. The van der Waals surface area contributed by atoms with E-state index in [9.17, 15) is 4.79 Å². The van der Waals surface area contributed by atoms with E-state index in [1.54, 1.807) is 12.1 Å². The summed E-state index contributed by atoms with van der Waals surface area (Å²) in [6.07, 6.45) is 0.932. The summed E-state index contributed by atoms with van der Waals surface area (Å²) >= 11 is 12.5. The van der Waals surface area contributed by atoms with Gasteiger partial charge in [0.1, 0.15) is 0 Å². The zero-order valence-electron chi connectivity index (χ0n) is 14.8. The highest BCUT2D eigenvalue weighted by Gasteiger charge is 2.17. The molecule has 0 bridgehead atoms. The molecular formula is C22H18Cl2N2O. The fourth-order valence-electron chi connectivity index (χ4n) is 3.61. The first-order valence-corrected chi connectivity index (χ1v) is 9.52. The normalized spacial score (nSPS) is 11.4. The van der Waals surface area contributed by atoms with Crippen molar-refractivity contribution in [2.45, 2.75) is 19.9 Å². The zero-order valence-corrected chi connectivity index (χ0v) is 16.3. The molecule has 1 heterocycles. The van der Waals surface area contributed by atoms with Gasteiger partial charge in [-0.05, 0) is 47.9 Å². The molecule has 0 unspecified atom stereocenters. The number of nitrogens with zero attached hydrogens (tertiary/aromatic N) is 1. The molecule has 5 heteroatoms. The van der Waals surface area contributed by atoms with Crippen molar-refractivity contribution >= 4 is 50.9 Å². The molecule has 1 aromatic heterocycles. The number of fused-ring (bicyclic) bond motifs is 3. The molecule has 0 aliphatic heterocycles. The summed E-state index contributed by atoms with van der Waals surface area (Å²) in [5, 5.41) is 3.12. The van der Waals surface area contributed by atoms with E-state index in [1.807, 2.05) is 24.3 Å². The maximum Gasteiger partial charge on any atom is 0.249 e. The van der Waals surface area contributed by atoms with Gasteiger partial charge in [0.15, 0.2) is 0 Å². The van der Waals surface area contributed by atoms with Crippen molar-refractivity contribution in [2.24, 2.45) is 5.73 Å². The van der Waals surface area contributed by atoms with Crippen LogP contribution in [0.25, 0.3) is 21.8 Å². The predicted octanol–water partition coefficient (Wildman–Crippen LogP) is 5.81. The predicted molar refractivity (Wildman–Crippen MR) is 113 cm³/mol. The molecule has 0 saturated carbocycles. The average Bonchev–Trinajstić information content (AvgIpc) is 2.97. The summed E-state index contributed by atoms with van der Waals surface area (Å²) in [5.74, 6) is -0.427. The van der Waals surface area contributed by atoms with Crippen molar-refractivity contribution in [3.05, 3.63) is 81.3 Å². The van der Waals surface area contributed by atoms with Crippen LogP contribution in [-0.2, 0) is 13.0 Å². The van der Waals surface area contributed by atoms with E-state index >= 15 is 0 Å². The molecule has 0 atom stereocenters. The fraction of sp³-hybridized carbons (Fsp3) is 0.136. The summed E-state index contributed by atoms with van der Waals surface area (Å²) in [4.78, 5) is 12.0. The molecule has 0 fully saturated rings. The van der Waals surface area contributed by atoms with Crippen LogP contribution in [0.15, 0.2) is 54.6 Å². The van der Waals surface area contributed by atoms with Crippen LogP contribution in [-0.4, -0.2) is 10.5 Å². The van der Waals surface area contributed by atoms with Crippen LogP contribution < -0.4 is 5.73 Å². The minimum Gasteiger partial charge on any atom is -0.366 e. The number of amides is 1. The van der Waals surface area contributed by atoms with E-state index in [0.29, 0.717) is 22.2 Å².